The highest BCUT2D eigenvalue weighted by Gasteiger charge is 2.05. The molecular formula is C10H16N2O3. The van der Waals surface area contributed by atoms with Gasteiger partial charge in [0.1, 0.15) is 6.23 Å². The third kappa shape index (κ3) is 3.36. The molecule has 1 heterocycles. The van der Waals surface area contributed by atoms with Crippen molar-refractivity contribution in [2.75, 3.05) is 6.61 Å². The zero-order valence-electron chi connectivity index (χ0n) is 9.03. The molecule has 0 saturated carbocycles. The summed E-state index contributed by atoms with van der Waals surface area (Å²) in [6.07, 6.45) is 3.11. The average Bonchev–Trinajstić information content (AvgIpc) is 2.17. The van der Waals surface area contributed by atoms with Gasteiger partial charge < -0.3 is 4.74 Å². The Morgan fingerprint density at radius 2 is 2.27 bits per heavy atom. The molecule has 0 saturated heterocycles. The lowest BCUT2D eigenvalue weighted by Crippen LogP contribution is -2.31. The van der Waals surface area contributed by atoms with E-state index < -0.39 is 11.2 Å². The van der Waals surface area contributed by atoms with Crippen LogP contribution >= 0.6 is 0 Å². The number of hydrogen-bond acceptors (Lipinski definition) is 3. The van der Waals surface area contributed by atoms with Gasteiger partial charge in [-0.15, -0.1) is 0 Å². The Hall–Kier alpha value is -1.36. The summed E-state index contributed by atoms with van der Waals surface area (Å²) >= 11 is 0. The third-order valence-corrected chi connectivity index (χ3v) is 2.10. The topological polar surface area (TPSA) is 64.1 Å². The summed E-state index contributed by atoms with van der Waals surface area (Å²) in [4.78, 5) is 24.3. The maximum absolute atomic E-state index is 11.3. The summed E-state index contributed by atoms with van der Waals surface area (Å²) in [6, 6.07) is 1.31. The van der Waals surface area contributed by atoms with Crippen molar-refractivity contribution < 1.29 is 4.74 Å². The fourth-order valence-electron chi connectivity index (χ4n) is 1.19. The maximum atomic E-state index is 11.3. The Morgan fingerprint density at radius 1 is 1.53 bits per heavy atom. The van der Waals surface area contributed by atoms with Gasteiger partial charge >= 0.3 is 5.69 Å². The molecule has 0 spiro atoms. The SMILES string of the molecule is CCCCO[C@@H](C)n1ccc(=O)[nH]c1=O. The van der Waals surface area contributed by atoms with Crippen LogP contribution < -0.4 is 11.2 Å². The first-order valence-corrected chi connectivity index (χ1v) is 5.08. The lowest BCUT2D eigenvalue weighted by Gasteiger charge is -2.14. The van der Waals surface area contributed by atoms with E-state index in [2.05, 4.69) is 11.9 Å². The van der Waals surface area contributed by atoms with Crippen LogP contribution in [-0.4, -0.2) is 16.2 Å². The molecule has 1 aromatic rings. The van der Waals surface area contributed by atoms with Gasteiger partial charge in [-0.25, -0.2) is 4.79 Å². The molecule has 1 rings (SSSR count). The molecule has 0 radical (unpaired) electrons. The number of nitrogens with zero attached hydrogens (tertiary/aromatic N) is 1. The molecule has 0 aliphatic carbocycles. The van der Waals surface area contributed by atoms with Crippen molar-refractivity contribution in [3.05, 3.63) is 33.1 Å². The Labute approximate surface area is 87.7 Å². The van der Waals surface area contributed by atoms with Crippen LogP contribution in [0.2, 0.25) is 0 Å². The van der Waals surface area contributed by atoms with Gasteiger partial charge in [0.15, 0.2) is 0 Å². The normalized spacial score (nSPS) is 12.7. The predicted octanol–water partition coefficient (Wildman–Crippen LogP) is 0.872. The van der Waals surface area contributed by atoms with E-state index in [4.69, 9.17) is 4.74 Å². The molecular weight excluding hydrogens is 196 g/mol. The van der Waals surface area contributed by atoms with Crippen molar-refractivity contribution >= 4 is 0 Å². The smallest absolute Gasteiger partial charge is 0.330 e. The monoisotopic (exact) mass is 212 g/mol. The largest absolute Gasteiger partial charge is 0.358 e. The number of hydrogen-bond donors (Lipinski definition) is 1. The molecule has 0 aromatic carbocycles. The highest BCUT2D eigenvalue weighted by atomic mass is 16.5. The minimum absolute atomic E-state index is 0.346. The molecule has 1 aromatic heterocycles. The van der Waals surface area contributed by atoms with Crippen LogP contribution in [0.4, 0.5) is 0 Å². The van der Waals surface area contributed by atoms with Crippen LogP contribution in [-0.2, 0) is 4.74 Å². The predicted molar refractivity (Wildman–Crippen MR) is 56.9 cm³/mol. The van der Waals surface area contributed by atoms with Gasteiger partial charge in [0, 0.05) is 18.9 Å². The fraction of sp³-hybridized carbons (Fsp3) is 0.600. The summed E-state index contributed by atoms with van der Waals surface area (Å²) in [5.41, 5.74) is -0.830. The first kappa shape index (κ1) is 11.7. The second-order valence-corrected chi connectivity index (χ2v) is 3.34. The van der Waals surface area contributed by atoms with Crippen molar-refractivity contribution in [3.63, 3.8) is 0 Å². The van der Waals surface area contributed by atoms with E-state index in [0.29, 0.717) is 6.61 Å². The highest BCUT2D eigenvalue weighted by molar-refractivity contribution is 4.83. The standard InChI is InChI=1S/C10H16N2O3/c1-3-4-7-15-8(2)12-6-5-9(13)11-10(12)14/h5-6,8H,3-4,7H2,1-2H3,(H,11,13,14)/t8-/m0/s1. The first-order chi connectivity index (χ1) is 7.15. The molecule has 5 heteroatoms. The Morgan fingerprint density at radius 3 is 2.87 bits per heavy atom. The highest BCUT2D eigenvalue weighted by Crippen LogP contribution is 2.03. The summed E-state index contributed by atoms with van der Waals surface area (Å²) < 4.78 is 6.79. The second-order valence-electron chi connectivity index (χ2n) is 3.34. The van der Waals surface area contributed by atoms with Crippen molar-refractivity contribution in [2.45, 2.75) is 32.9 Å². The van der Waals surface area contributed by atoms with Gasteiger partial charge in [-0.2, -0.15) is 0 Å². The van der Waals surface area contributed by atoms with E-state index in [-0.39, 0.29) is 6.23 Å². The minimum Gasteiger partial charge on any atom is -0.358 e. The molecule has 0 bridgehead atoms. The lowest BCUT2D eigenvalue weighted by atomic mass is 10.4. The number of aromatic nitrogens is 2. The zero-order valence-corrected chi connectivity index (χ0v) is 9.03. The zero-order chi connectivity index (χ0) is 11.3. The summed E-state index contributed by atoms with van der Waals surface area (Å²) in [5, 5.41) is 0. The third-order valence-electron chi connectivity index (χ3n) is 2.10. The Balaban J connectivity index is 2.69. The Kier molecular flexibility index (Phi) is 4.30. The van der Waals surface area contributed by atoms with E-state index in [1.165, 1.54) is 16.8 Å². The molecule has 0 aliphatic rings. The quantitative estimate of drug-likeness (QED) is 0.736. The van der Waals surface area contributed by atoms with Gasteiger partial charge in [-0.3, -0.25) is 14.3 Å². The van der Waals surface area contributed by atoms with Crippen LogP contribution in [0.25, 0.3) is 0 Å². The molecule has 15 heavy (non-hydrogen) atoms. The minimum atomic E-state index is -0.438. The summed E-state index contributed by atoms with van der Waals surface area (Å²) in [7, 11) is 0. The molecule has 0 amide bonds. The van der Waals surface area contributed by atoms with Gasteiger partial charge in [-0.1, -0.05) is 13.3 Å². The van der Waals surface area contributed by atoms with E-state index in [0.717, 1.165) is 12.8 Å². The summed E-state index contributed by atoms with van der Waals surface area (Å²) in [5.74, 6) is 0. The van der Waals surface area contributed by atoms with Crippen molar-refractivity contribution in [1.29, 1.82) is 0 Å². The summed E-state index contributed by atoms with van der Waals surface area (Å²) in [6.45, 7) is 4.46. The number of unbranched alkanes of at least 4 members (excludes halogenated alkanes) is 1. The molecule has 1 atom stereocenters. The van der Waals surface area contributed by atoms with E-state index in [1.54, 1.807) is 6.92 Å². The number of H-pyrrole nitrogens is 1. The van der Waals surface area contributed by atoms with Gasteiger partial charge in [0.05, 0.1) is 0 Å². The van der Waals surface area contributed by atoms with Crippen molar-refractivity contribution in [3.8, 4) is 0 Å². The molecule has 0 aliphatic heterocycles. The lowest BCUT2D eigenvalue weighted by molar-refractivity contribution is 0.0114. The van der Waals surface area contributed by atoms with Crippen LogP contribution in [0.3, 0.4) is 0 Å². The fourth-order valence-corrected chi connectivity index (χ4v) is 1.19. The molecule has 0 unspecified atom stereocenters. The van der Waals surface area contributed by atoms with E-state index >= 15 is 0 Å². The molecule has 84 valence electrons. The van der Waals surface area contributed by atoms with Gasteiger partial charge in [0.2, 0.25) is 0 Å². The van der Waals surface area contributed by atoms with Crippen LogP contribution in [0.15, 0.2) is 21.9 Å². The van der Waals surface area contributed by atoms with Crippen molar-refractivity contribution in [2.24, 2.45) is 0 Å². The molecule has 5 nitrogen and oxygen atoms in total. The number of nitrogens with one attached hydrogen (secondary N) is 1. The van der Waals surface area contributed by atoms with Gasteiger partial charge in [-0.05, 0) is 13.3 Å². The van der Waals surface area contributed by atoms with Crippen molar-refractivity contribution in [1.82, 2.24) is 9.55 Å². The van der Waals surface area contributed by atoms with E-state index in [1.807, 2.05) is 0 Å². The average molecular weight is 212 g/mol. The Bertz CT molecular complexity index is 408. The molecule has 0 fully saturated rings. The number of rotatable bonds is 5. The number of aromatic amines is 1. The maximum Gasteiger partial charge on any atom is 0.330 e. The first-order valence-electron chi connectivity index (χ1n) is 5.08. The van der Waals surface area contributed by atoms with E-state index in [9.17, 15) is 9.59 Å². The number of ether oxygens (including phenoxy) is 1. The molecule has 1 N–H and O–H groups in total. The van der Waals surface area contributed by atoms with Gasteiger partial charge in [0.25, 0.3) is 5.56 Å². The van der Waals surface area contributed by atoms with Crippen LogP contribution in [0, 0.1) is 0 Å². The van der Waals surface area contributed by atoms with Crippen LogP contribution in [0.1, 0.15) is 32.9 Å². The second kappa shape index (κ2) is 5.50. The van der Waals surface area contributed by atoms with Crippen LogP contribution in [0.5, 0.6) is 0 Å².